The molecule has 0 aromatic heterocycles. The van der Waals surface area contributed by atoms with E-state index < -0.39 is 9.84 Å². The van der Waals surface area contributed by atoms with Crippen LogP contribution in [-0.2, 0) is 9.84 Å². The van der Waals surface area contributed by atoms with Crippen LogP contribution in [0.15, 0.2) is 0 Å². The van der Waals surface area contributed by atoms with Crippen LogP contribution < -0.4 is 5.32 Å². The zero-order valence-electron chi connectivity index (χ0n) is 13.7. The summed E-state index contributed by atoms with van der Waals surface area (Å²) in [5.74, 6) is 1.30. The quantitative estimate of drug-likeness (QED) is 0.627. The Balaban J connectivity index is 1.62. The Morgan fingerprint density at radius 3 is 2.10 bits per heavy atom. The summed E-state index contributed by atoms with van der Waals surface area (Å²) in [7, 11) is -2.73. The van der Waals surface area contributed by atoms with Crippen LogP contribution in [0.5, 0.6) is 0 Å². The van der Waals surface area contributed by atoms with Gasteiger partial charge < -0.3 is 5.32 Å². The lowest BCUT2D eigenvalue weighted by Gasteiger charge is -2.47. The second-order valence-electron chi connectivity index (χ2n) is 7.29. The molecule has 4 heteroatoms. The molecule has 2 aliphatic rings. The summed E-state index contributed by atoms with van der Waals surface area (Å²) >= 11 is 0. The highest BCUT2D eigenvalue weighted by Gasteiger charge is 2.47. The highest BCUT2D eigenvalue weighted by molar-refractivity contribution is 7.91. The lowest BCUT2D eigenvalue weighted by Crippen LogP contribution is -2.57. The first-order chi connectivity index (χ1) is 10.1. The van der Waals surface area contributed by atoms with Gasteiger partial charge in [0, 0.05) is 13.1 Å². The Morgan fingerprint density at radius 1 is 1.00 bits per heavy atom. The Hall–Kier alpha value is -0.0900. The topological polar surface area (TPSA) is 46.2 Å². The van der Waals surface area contributed by atoms with Crippen molar-refractivity contribution in [3.63, 3.8) is 0 Å². The SMILES string of the molecule is CCCCCCCCCCC1(C2CCS(=O)(=O)C2)CNC1. The Morgan fingerprint density at radius 2 is 1.62 bits per heavy atom. The molecule has 1 N–H and O–H groups in total. The van der Waals surface area contributed by atoms with Gasteiger partial charge in [0.25, 0.3) is 0 Å². The maximum absolute atomic E-state index is 11.7. The number of hydrogen-bond donors (Lipinski definition) is 1. The number of sulfone groups is 1. The van der Waals surface area contributed by atoms with Crippen molar-refractivity contribution in [2.45, 2.75) is 71.1 Å². The molecule has 2 rings (SSSR count). The molecule has 0 radical (unpaired) electrons. The van der Waals surface area contributed by atoms with Gasteiger partial charge in [-0.1, -0.05) is 58.3 Å². The van der Waals surface area contributed by atoms with Crippen molar-refractivity contribution in [1.82, 2.24) is 5.32 Å². The van der Waals surface area contributed by atoms with Crippen LogP contribution in [0.3, 0.4) is 0 Å². The maximum atomic E-state index is 11.7. The van der Waals surface area contributed by atoms with Gasteiger partial charge in [-0.05, 0) is 24.2 Å². The molecule has 2 saturated heterocycles. The van der Waals surface area contributed by atoms with E-state index in [0.717, 1.165) is 19.5 Å². The van der Waals surface area contributed by atoms with Crippen molar-refractivity contribution in [3.05, 3.63) is 0 Å². The largest absolute Gasteiger partial charge is 0.316 e. The molecule has 2 fully saturated rings. The number of hydrogen-bond acceptors (Lipinski definition) is 3. The van der Waals surface area contributed by atoms with Crippen molar-refractivity contribution < 1.29 is 8.42 Å². The van der Waals surface area contributed by atoms with E-state index in [9.17, 15) is 8.42 Å². The molecule has 21 heavy (non-hydrogen) atoms. The second-order valence-corrected chi connectivity index (χ2v) is 9.52. The van der Waals surface area contributed by atoms with E-state index in [1.165, 1.54) is 57.8 Å². The van der Waals surface area contributed by atoms with Crippen molar-refractivity contribution in [3.8, 4) is 0 Å². The molecule has 3 nitrogen and oxygen atoms in total. The van der Waals surface area contributed by atoms with Gasteiger partial charge in [-0.25, -0.2) is 8.42 Å². The lowest BCUT2D eigenvalue weighted by atomic mass is 9.67. The van der Waals surface area contributed by atoms with Crippen LogP contribution in [0, 0.1) is 11.3 Å². The highest BCUT2D eigenvalue weighted by Crippen LogP contribution is 2.43. The molecular weight excluding hydrogens is 282 g/mol. The molecule has 0 spiro atoms. The molecule has 124 valence electrons. The van der Waals surface area contributed by atoms with Crippen molar-refractivity contribution in [1.29, 1.82) is 0 Å². The minimum Gasteiger partial charge on any atom is -0.316 e. The van der Waals surface area contributed by atoms with Gasteiger partial charge >= 0.3 is 0 Å². The molecule has 0 aliphatic carbocycles. The molecular formula is C17H33NO2S. The summed E-state index contributed by atoms with van der Waals surface area (Å²) in [6.45, 7) is 4.35. The summed E-state index contributed by atoms with van der Waals surface area (Å²) < 4.78 is 23.4. The van der Waals surface area contributed by atoms with Gasteiger partial charge in [-0.15, -0.1) is 0 Å². The summed E-state index contributed by atoms with van der Waals surface area (Å²) in [6, 6.07) is 0. The predicted molar refractivity (Wildman–Crippen MR) is 89.3 cm³/mol. The average molecular weight is 316 g/mol. The molecule has 1 unspecified atom stereocenters. The monoisotopic (exact) mass is 315 g/mol. The molecule has 0 aromatic carbocycles. The number of nitrogens with one attached hydrogen (secondary N) is 1. The highest BCUT2D eigenvalue weighted by atomic mass is 32.2. The normalized spacial score (nSPS) is 26.6. The van der Waals surface area contributed by atoms with E-state index in [1.807, 2.05) is 0 Å². The summed E-state index contributed by atoms with van der Waals surface area (Å²) in [6.07, 6.45) is 13.0. The second kappa shape index (κ2) is 7.96. The van der Waals surface area contributed by atoms with Crippen LogP contribution in [-0.4, -0.2) is 33.0 Å². The van der Waals surface area contributed by atoms with Gasteiger partial charge in [0.05, 0.1) is 11.5 Å². The van der Waals surface area contributed by atoms with Crippen LogP contribution >= 0.6 is 0 Å². The smallest absolute Gasteiger partial charge is 0.150 e. The fourth-order valence-corrected chi connectivity index (χ4v) is 5.95. The fraction of sp³-hybridized carbons (Fsp3) is 1.00. The van der Waals surface area contributed by atoms with E-state index in [4.69, 9.17) is 0 Å². The summed E-state index contributed by atoms with van der Waals surface area (Å²) in [4.78, 5) is 0. The van der Waals surface area contributed by atoms with E-state index in [2.05, 4.69) is 12.2 Å². The van der Waals surface area contributed by atoms with Crippen LogP contribution in [0.1, 0.15) is 71.1 Å². The lowest BCUT2D eigenvalue weighted by molar-refractivity contribution is 0.0770. The third-order valence-corrected chi connectivity index (χ3v) is 7.35. The van der Waals surface area contributed by atoms with Gasteiger partial charge in [0.2, 0.25) is 0 Å². The van der Waals surface area contributed by atoms with Crippen LogP contribution in [0.2, 0.25) is 0 Å². The molecule has 0 bridgehead atoms. The predicted octanol–water partition coefficient (Wildman–Crippen LogP) is 3.54. The number of rotatable bonds is 10. The van der Waals surface area contributed by atoms with Crippen molar-refractivity contribution in [2.75, 3.05) is 24.6 Å². The minimum atomic E-state index is -2.73. The van der Waals surface area contributed by atoms with E-state index in [-0.39, 0.29) is 0 Å². The van der Waals surface area contributed by atoms with Gasteiger partial charge in [-0.2, -0.15) is 0 Å². The zero-order chi connectivity index (χ0) is 15.2. The third kappa shape index (κ3) is 4.95. The molecule has 0 aromatic rings. The Labute approximate surface area is 131 Å². The van der Waals surface area contributed by atoms with Gasteiger partial charge in [0.15, 0.2) is 9.84 Å². The molecule has 1 atom stereocenters. The van der Waals surface area contributed by atoms with Gasteiger partial charge in [-0.3, -0.25) is 0 Å². The first-order valence-electron chi connectivity index (χ1n) is 8.99. The standard InChI is InChI=1S/C17H33NO2S/c1-2-3-4-5-6-7-8-9-11-17(14-18-15-17)16-10-12-21(19,20)13-16/h16,18H,2-15H2,1H3. The van der Waals surface area contributed by atoms with Crippen LogP contribution in [0.4, 0.5) is 0 Å². The van der Waals surface area contributed by atoms with Crippen molar-refractivity contribution >= 4 is 9.84 Å². The average Bonchev–Trinajstić information content (AvgIpc) is 2.76. The summed E-state index contributed by atoms with van der Waals surface area (Å²) in [5.41, 5.74) is 0.311. The molecule has 0 amide bonds. The first-order valence-corrected chi connectivity index (χ1v) is 10.8. The van der Waals surface area contributed by atoms with Gasteiger partial charge in [0.1, 0.15) is 0 Å². The maximum Gasteiger partial charge on any atom is 0.150 e. The zero-order valence-corrected chi connectivity index (χ0v) is 14.5. The Kier molecular flexibility index (Phi) is 6.54. The summed E-state index contributed by atoms with van der Waals surface area (Å²) in [5, 5.41) is 3.39. The minimum absolute atomic E-state index is 0.311. The fourth-order valence-electron chi connectivity index (χ4n) is 4.00. The van der Waals surface area contributed by atoms with Crippen LogP contribution in [0.25, 0.3) is 0 Å². The first kappa shape index (κ1) is 17.3. The van der Waals surface area contributed by atoms with Crippen molar-refractivity contribution in [2.24, 2.45) is 11.3 Å². The molecule has 2 heterocycles. The Bertz CT molecular complexity index is 401. The van der Waals surface area contributed by atoms with E-state index in [0.29, 0.717) is 22.8 Å². The number of unbranched alkanes of at least 4 members (excludes halogenated alkanes) is 7. The molecule has 0 saturated carbocycles. The third-order valence-electron chi connectivity index (χ3n) is 5.58. The van der Waals surface area contributed by atoms with E-state index in [1.54, 1.807) is 0 Å². The van der Waals surface area contributed by atoms with E-state index >= 15 is 0 Å². The molecule has 2 aliphatic heterocycles.